The Balaban J connectivity index is 2.01. The standard InChI is InChI=1S/C15H17NO2/c16-11-15(9-12-5-2-1-3-6-12)18-14-8-4-7-13(17)10-14/h1-8,10,15,17H,9,11,16H2. The first-order valence-electron chi connectivity index (χ1n) is 5.97. The van der Waals surface area contributed by atoms with Crippen LogP contribution in [-0.2, 0) is 6.42 Å². The van der Waals surface area contributed by atoms with Crippen LogP contribution >= 0.6 is 0 Å². The summed E-state index contributed by atoms with van der Waals surface area (Å²) in [5, 5.41) is 9.38. The predicted molar refractivity (Wildman–Crippen MR) is 71.7 cm³/mol. The summed E-state index contributed by atoms with van der Waals surface area (Å²) in [6, 6.07) is 16.8. The van der Waals surface area contributed by atoms with Crippen LogP contribution in [0.1, 0.15) is 5.56 Å². The molecule has 1 unspecified atom stereocenters. The van der Waals surface area contributed by atoms with Crippen molar-refractivity contribution in [3.63, 3.8) is 0 Å². The van der Waals surface area contributed by atoms with Crippen LogP contribution < -0.4 is 10.5 Å². The van der Waals surface area contributed by atoms with Crippen LogP contribution in [0.2, 0.25) is 0 Å². The van der Waals surface area contributed by atoms with Crippen LogP contribution in [-0.4, -0.2) is 17.8 Å². The van der Waals surface area contributed by atoms with Gasteiger partial charge in [0, 0.05) is 19.0 Å². The van der Waals surface area contributed by atoms with Crippen LogP contribution in [0.25, 0.3) is 0 Å². The molecule has 3 heteroatoms. The van der Waals surface area contributed by atoms with Crippen molar-refractivity contribution in [2.75, 3.05) is 6.54 Å². The summed E-state index contributed by atoms with van der Waals surface area (Å²) in [5.74, 6) is 0.837. The Morgan fingerprint density at radius 1 is 1.06 bits per heavy atom. The molecule has 18 heavy (non-hydrogen) atoms. The highest BCUT2D eigenvalue weighted by molar-refractivity contribution is 5.32. The first-order valence-corrected chi connectivity index (χ1v) is 5.97. The normalized spacial score (nSPS) is 12.1. The molecule has 0 radical (unpaired) electrons. The van der Waals surface area contributed by atoms with E-state index in [0.717, 1.165) is 6.42 Å². The Kier molecular flexibility index (Phi) is 4.20. The first kappa shape index (κ1) is 12.5. The van der Waals surface area contributed by atoms with Gasteiger partial charge in [-0.1, -0.05) is 36.4 Å². The second-order valence-electron chi connectivity index (χ2n) is 4.16. The molecule has 2 aromatic carbocycles. The second kappa shape index (κ2) is 6.07. The summed E-state index contributed by atoms with van der Waals surface area (Å²) < 4.78 is 5.76. The number of hydrogen-bond acceptors (Lipinski definition) is 3. The van der Waals surface area contributed by atoms with Crippen molar-refractivity contribution in [1.82, 2.24) is 0 Å². The fourth-order valence-electron chi connectivity index (χ4n) is 1.80. The van der Waals surface area contributed by atoms with Crippen LogP contribution in [0.15, 0.2) is 54.6 Å². The van der Waals surface area contributed by atoms with Crippen LogP contribution in [0, 0.1) is 0 Å². The van der Waals surface area contributed by atoms with E-state index in [1.54, 1.807) is 18.2 Å². The number of phenolic OH excluding ortho intramolecular Hbond substituents is 1. The topological polar surface area (TPSA) is 55.5 Å². The molecule has 0 spiro atoms. The van der Waals surface area contributed by atoms with Crippen molar-refractivity contribution >= 4 is 0 Å². The molecule has 0 aliphatic heterocycles. The molecule has 1 atom stereocenters. The Bertz CT molecular complexity index is 485. The zero-order valence-corrected chi connectivity index (χ0v) is 10.1. The molecule has 2 aromatic rings. The maximum Gasteiger partial charge on any atom is 0.123 e. The van der Waals surface area contributed by atoms with Gasteiger partial charge >= 0.3 is 0 Å². The minimum Gasteiger partial charge on any atom is -0.508 e. The third kappa shape index (κ3) is 3.50. The molecular weight excluding hydrogens is 226 g/mol. The van der Waals surface area contributed by atoms with Gasteiger partial charge in [-0.05, 0) is 17.7 Å². The number of rotatable bonds is 5. The van der Waals surface area contributed by atoms with Crippen LogP contribution in [0.3, 0.4) is 0 Å². The Morgan fingerprint density at radius 2 is 1.83 bits per heavy atom. The van der Waals surface area contributed by atoms with E-state index in [0.29, 0.717) is 12.3 Å². The molecule has 3 nitrogen and oxygen atoms in total. The largest absolute Gasteiger partial charge is 0.508 e. The SMILES string of the molecule is NCC(Cc1ccccc1)Oc1cccc(O)c1. The van der Waals surface area contributed by atoms with Crippen molar-refractivity contribution in [2.45, 2.75) is 12.5 Å². The number of hydrogen-bond donors (Lipinski definition) is 2. The smallest absolute Gasteiger partial charge is 0.123 e. The lowest BCUT2D eigenvalue weighted by molar-refractivity contribution is 0.209. The lowest BCUT2D eigenvalue weighted by atomic mass is 10.1. The van der Waals surface area contributed by atoms with Gasteiger partial charge in [-0.25, -0.2) is 0 Å². The van der Waals surface area contributed by atoms with Crippen molar-refractivity contribution < 1.29 is 9.84 Å². The fourth-order valence-corrected chi connectivity index (χ4v) is 1.80. The number of aromatic hydroxyl groups is 1. The predicted octanol–water partition coefficient (Wildman–Crippen LogP) is 2.34. The third-order valence-corrected chi connectivity index (χ3v) is 2.69. The van der Waals surface area contributed by atoms with Gasteiger partial charge in [0.1, 0.15) is 17.6 Å². The van der Waals surface area contributed by atoms with E-state index in [1.165, 1.54) is 5.56 Å². The quantitative estimate of drug-likeness (QED) is 0.847. The van der Waals surface area contributed by atoms with Crippen molar-refractivity contribution in [2.24, 2.45) is 5.73 Å². The zero-order chi connectivity index (χ0) is 12.8. The molecule has 94 valence electrons. The monoisotopic (exact) mass is 243 g/mol. The molecule has 0 saturated carbocycles. The van der Waals surface area contributed by atoms with E-state index in [4.69, 9.17) is 10.5 Å². The molecule has 3 N–H and O–H groups in total. The van der Waals surface area contributed by atoms with Crippen LogP contribution in [0.5, 0.6) is 11.5 Å². The molecular formula is C15H17NO2. The van der Waals surface area contributed by atoms with E-state index >= 15 is 0 Å². The van der Waals surface area contributed by atoms with Gasteiger partial charge < -0.3 is 15.6 Å². The van der Waals surface area contributed by atoms with Gasteiger partial charge in [-0.3, -0.25) is 0 Å². The molecule has 0 bridgehead atoms. The highest BCUT2D eigenvalue weighted by atomic mass is 16.5. The lowest BCUT2D eigenvalue weighted by Gasteiger charge is -2.17. The minimum absolute atomic E-state index is 0.0887. The molecule has 2 rings (SSSR count). The highest BCUT2D eigenvalue weighted by Gasteiger charge is 2.09. The molecule has 0 aromatic heterocycles. The lowest BCUT2D eigenvalue weighted by Crippen LogP contribution is -2.28. The van der Waals surface area contributed by atoms with Crippen molar-refractivity contribution in [3.8, 4) is 11.5 Å². The maximum absolute atomic E-state index is 9.38. The Labute approximate surface area is 107 Å². The maximum atomic E-state index is 9.38. The van der Waals surface area contributed by atoms with E-state index < -0.39 is 0 Å². The fraction of sp³-hybridized carbons (Fsp3) is 0.200. The van der Waals surface area contributed by atoms with E-state index in [2.05, 4.69) is 12.1 Å². The second-order valence-corrected chi connectivity index (χ2v) is 4.16. The van der Waals surface area contributed by atoms with E-state index in [9.17, 15) is 5.11 Å². The van der Waals surface area contributed by atoms with E-state index in [-0.39, 0.29) is 11.9 Å². The summed E-state index contributed by atoms with van der Waals surface area (Å²) in [5.41, 5.74) is 6.91. The summed E-state index contributed by atoms with van der Waals surface area (Å²) in [6.07, 6.45) is 0.668. The van der Waals surface area contributed by atoms with Crippen molar-refractivity contribution in [1.29, 1.82) is 0 Å². The van der Waals surface area contributed by atoms with Gasteiger partial charge in [-0.15, -0.1) is 0 Å². The minimum atomic E-state index is -0.0887. The molecule has 0 amide bonds. The van der Waals surface area contributed by atoms with Crippen LogP contribution in [0.4, 0.5) is 0 Å². The summed E-state index contributed by atoms with van der Waals surface area (Å²) in [6.45, 7) is 0.435. The molecule has 0 fully saturated rings. The number of nitrogens with two attached hydrogens (primary N) is 1. The summed E-state index contributed by atoms with van der Waals surface area (Å²) >= 11 is 0. The highest BCUT2D eigenvalue weighted by Crippen LogP contribution is 2.19. The van der Waals surface area contributed by atoms with Gasteiger partial charge in [0.05, 0.1) is 0 Å². The zero-order valence-electron chi connectivity index (χ0n) is 10.1. The van der Waals surface area contributed by atoms with Gasteiger partial charge in [0.15, 0.2) is 0 Å². The molecule has 0 saturated heterocycles. The third-order valence-electron chi connectivity index (χ3n) is 2.69. The first-order chi connectivity index (χ1) is 8.78. The number of phenols is 1. The number of benzene rings is 2. The Hall–Kier alpha value is -2.00. The summed E-state index contributed by atoms with van der Waals surface area (Å²) in [4.78, 5) is 0. The van der Waals surface area contributed by atoms with Crippen molar-refractivity contribution in [3.05, 3.63) is 60.2 Å². The van der Waals surface area contributed by atoms with Gasteiger partial charge in [0.2, 0.25) is 0 Å². The summed E-state index contributed by atoms with van der Waals surface area (Å²) in [7, 11) is 0. The van der Waals surface area contributed by atoms with Gasteiger partial charge in [0.25, 0.3) is 0 Å². The molecule has 0 aliphatic carbocycles. The number of ether oxygens (including phenoxy) is 1. The Morgan fingerprint density at radius 3 is 2.50 bits per heavy atom. The molecule has 0 heterocycles. The average Bonchev–Trinajstić information content (AvgIpc) is 2.39. The average molecular weight is 243 g/mol. The van der Waals surface area contributed by atoms with E-state index in [1.807, 2.05) is 24.3 Å². The van der Waals surface area contributed by atoms with Gasteiger partial charge in [-0.2, -0.15) is 0 Å². The molecule has 0 aliphatic rings.